The van der Waals surface area contributed by atoms with Gasteiger partial charge in [-0.25, -0.2) is 0 Å². The van der Waals surface area contributed by atoms with Gasteiger partial charge in [-0.3, -0.25) is 14.4 Å². The largest absolute Gasteiger partial charge is 0.508 e. The number of ether oxygens (including phenoxy) is 1. The number of nitrogens with two attached hydrogens (primary N) is 3. The summed E-state index contributed by atoms with van der Waals surface area (Å²) >= 11 is 0. The van der Waals surface area contributed by atoms with Crippen molar-refractivity contribution in [1.82, 2.24) is 10.6 Å². The molecule has 0 aliphatic carbocycles. The van der Waals surface area contributed by atoms with Crippen LogP contribution in [0.2, 0.25) is 0 Å². The highest BCUT2D eigenvalue weighted by Crippen LogP contribution is 2.27. The van der Waals surface area contributed by atoms with Crippen molar-refractivity contribution in [3.63, 3.8) is 0 Å². The van der Waals surface area contributed by atoms with E-state index in [9.17, 15) is 19.5 Å². The van der Waals surface area contributed by atoms with Crippen LogP contribution >= 0.6 is 0 Å². The number of nitrogens with one attached hydrogen (secondary N) is 2. The lowest BCUT2D eigenvalue weighted by Gasteiger charge is -2.18. The third-order valence-corrected chi connectivity index (χ3v) is 6.54. The third kappa shape index (κ3) is 9.25. The fraction of sp³-hybridized carbons (Fsp3) is 0.367. The molecule has 3 aromatic carbocycles. The third-order valence-electron chi connectivity index (χ3n) is 6.54. The zero-order valence-electron chi connectivity index (χ0n) is 22.6. The van der Waals surface area contributed by atoms with Gasteiger partial charge in [-0.1, -0.05) is 36.4 Å². The average molecular weight is 550 g/mol. The minimum Gasteiger partial charge on any atom is -0.508 e. The van der Waals surface area contributed by atoms with Crippen LogP contribution < -0.4 is 32.6 Å². The van der Waals surface area contributed by atoms with Crippen LogP contribution in [0.15, 0.2) is 60.7 Å². The number of unbranched alkanes of at least 4 members (excludes halogenated alkanes) is 2. The van der Waals surface area contributed by atoms with Crippen molar-refractivity contribution in [2.24, 2.45) is 17.2 Å². The van der Waals surface area contributed by atoms with Crippen LogP contribution in [0.5, 0.6) is 11.5 Å². The molecular weight excluding hydrogens is 510 g/mol. The lowest BCUT2D eigenvalue weighted by Crippen LogP contribution is -2.44. The number of phenols is 1. The zero-order chi connectivity index (χ0) is 28.9. The van der Waals surface area contributed by atoms with Gasteiger partial charge in [0.05, 0.1) is 18.2 Å². The van der Waals surface area contributed by atoms with Gasteiger partial charge in [0.25, 0.3) is 5.91 Å². The SMILES string of the molecule is NCCCCC(NC(=O)c1cc2ccccc2cc1OCCCCNC(=O)C(N)Cc1ccc(O)cc1)C(N)=O. The summed E-state index contributed by atoms with van der Waals surface area (Å²) in [5, 5.41) is 16.7. The second-order valence-corrected chi connectivity index (χ2v) is 9.73. The summed E-state index contributed by atoms with van der Waals surface area (Å²) in [5.74, 6) is -0.724. The van der Waals surface area contributed by atoms with E-state index in [1.807, 2.05) is 30.3 Å². The Bertz CT molecular complexity index is 1280. The first-order valence-electron chi connectivity index (χ1n) is 13.6. The predicted octanol–water partition coefficient (Wildman–Crippen LogP) is 2.10. The molecular formula is C30H39N5O5. The Kier molecular flexibility index (Phi) is 11.7. The number of hydrogen-bond donors (Lipinski definition) is 6. The van der Waals surface area contributed by atoms with E-state index in [1.54, 1.807) is 30.3 Å². The van der Waals surface area contributed by atoms with Crippen molar-refractivity contribution in [2.75, 3.05) is 19.7 Å². The van der Waals surface area contributed by atoms with E-state index in [0.717, 1.165) is 22.8 Å². The first-order chi connectivity index (χ1) is 19.3. The molecule has 3 rings (SSSR count). The Morgan fingerprint density at radius 1 is 0.925 bits per heavy atom. The number of carbonyl (C=O) groups excluding carboxylic acids is 3. The Morgan fingerprint density at radius 2 is 1.62 bits per heavy atom. The highest BCUT2D eigenvalue weighted by Gasteiger charge is 2.21. The number of rotatable bonds is 16. The highest BCUT2D eigenvalue weighted by atomic mass is 16.5. The second-order valence-electron chi connectivity index (χ2n) is 9.73. The molecule has 214 valence electrons. The molecule has 2 atom stereocenters. The highest BCUT2D eigenvalue weighted by molar-refractivity contribution is 6.03. The second kappa shape index (κ2) is 15.4. The minimum absolute atomic E-state index is 0.161. The summed E-state index contributed by atoms with van der Waals surface area (Å²) in [6, 6.07) is 16.3. The molecule has 3 aromatic rings. The normalized spacial score (nSPS) is 12.4. The summed E-state index contributed by atoms with van der Waals surface area (Å²) < 4.78 is 6.00. The van der Waals surface area contributed by atoms with Crippen LogP contribution in [0, 0.1) is 0 Å². The summed E-state index contributed by atoms with van der Waals surface area (Å²) in [6.45, 7) is 1.25. The Morgan fingerprint density at radius 3 is 2.30 bits per heavy atom. The maximum atomic E-state index is 13.2. The Balaban J connectivity index is 1.53. The van der Waals surface area contributed by atoms with Gasteiger partial charge in [0, 0.05) is 6.54 Å². The van der Waals surface area contributed by atoms with E-state index in [4.69, 9.17) is 21.9 Å². The van der Waals surface area contributed by atoms with Gasteiger partial charge in [-0.2, -0.15) is 0 Å². The smallest absolute Gasteiger partial charge is 0.255 e. The van der Waals surface area contributed by atoms with Crippen molar-refractivity contribution < 1.29 is 24.2 Å². The molecule has 40 heavy (non-hydrogen) atoms. The Hall–Kier alpha value is -4.15. The summed E-state index contributed by atoms with van der Waals surface area (Å²) in [5.41, 5.74) is 18.3. The lowest BCUT2D eigenvalue weighted by atomic mass is 10.0. The van der Waals surface area contributed by atoms with Gasteiger partial charge in [-0.15, -0.1) is 0 Å². The van der Waals surface area contributed by atoms with Gasteiger partial charge in [-0.05, 0) is 85.7 Å². The van der Waals surface area contributed by atoms with Gasteiger partial charge in [0.15, 0.2) is 0 Å². The van der Waals surface area contributed by atoms with E-state index in [0.29, 0.717) is 63.1 Å². The molecule has 0 fully saturated rings. The summed E-state index contributed by atoms with van der Waals surface area (Å²) in [7, 11) is 0. The van der Waals surface area contributed by atoms with Crippen molar-refractivity contribution >= 4 is 28.5 Å². The van der Waals surface area contributed by atoms with E-state index in [-0.39, 0.29) is 11.7 Å². The number of hydrogen-bond acceptors (Lipinski definition) is 7. The zero-order valence-corrected chi connectivity index (χ0v) is 22.6. The fourth-order valence-electron chi connectivity index (χ4n) is 4.26. The molecule has 0 aliphatic rings. The number of fused-ring (bicyclic) bond motifs is 1. The van der Waals surface area contributed by atoms with Gasteiger partial charge in [0.2, 0.25) is 11.8 Å². The molecule has 10 nitrogen and oxygen atoms in total. The molecule has 9 N–H and O–H groups in total. The van der Waals surface area contributed by atoms with Crippen LogP contribution in [0.4, 0.5) is 0 Å². The van der Waals surface area contributed by atoms with Gasteiger partial charge < -0.3 is 37.7 Å². The molecule has 0 heterocycles. The van der Waals surface area contributed by atoms with Gasteiger partial charge in [0.1, 0.15) is 17.5 Å². The first kappa shape index (κ1) is 30.4. The number of primary amides is 1. The molecule has 0 saturated carbocycles. The predicted molar refractivity (Wildman–Crippen MR) is 155 cm³/mol. The average Bonchev–Trinajstić information content (AvgIpc) is 2.94. The molecule has 0 bridgehead atoms. The monoisotopic (exact) mass is 549 g/mol. The van der Waals surface area contributed by atoms with E-state index >= 15 is 0 Å². The molecule has 0 aliphatic heterocycles. The van der Waals surface area contributed by atoms with Crippen molar-refractivity contribution in [3.8, 4) is 11.5 Å². The van der Waals surface area contributed by atoms with E-state index in [1.165, 1.54) is 0 Å². The molecule has 10 heteroatoms. The van der Waals surface area contributed by atoms with Crippen molar-refractivity contribution in [1.29, 1.82) is 0 Å². The first-order valence-corrected chi connectivity index (χ1v) is 13.6. The molecule has 0 spiro atoms. The molecule has 2 unspecified atom stereocenters. The van der Waals surface area contributed by atoms with E-state index in [2.05, 4.69) is 10.6 Å². The van der Waals surface area contributed by atoms with Crippen molar-refractivity contribution in [3.05, 3.63) is 71.8 Å². The number of phenolic OH excluding ortho intramolecular Hbond substituents is 1. The number of carbonyl (C=O) groups is 3. The summed E-state index contributed by atoms with van der Waals surface area (Å²) in [4.78, 5) is 37.4. The topological polar surface area (TPSA) is 183 Å². The Labute approximate surface area is 234 Å². The van der Waals surface area contributed by atoms with Crippen LogP contribution in [0.3, 0.4) is 0 Å². The lowest BCUT2D eigenvalue weighted by molar-refractivity contribution is -0.122. The molecule has 0 aromatic heterocycles. The standard InChI is InChI=1S/C30H39N5O5/c31-14-4-3-9-26(28(33)37)35-29(38)24-18-21-7-1-2-8-22(21)19-27(24)40-16-6-5-15-34-30(39)25(32)17-20-10-12-23(36)13-11-20/h1-2,7-8,10-13,18-19,25-26,36H,3-6,9,14-17,31-32H2,(H2,33,37)(H,34,39)(H,35,38). The number of benzene rings is 3. The van der Waals surface area contributed by atoms with Gasteiger partial charge >= 0.3 is 0 Å². The van der Waals surface area contributed by atoms with Crippen LogP contribution in [-0.4, -0.2) is 54.6 Å². The quantitative estimate of drug-likeness (QED) is 0.148. The van der Waals surface area contributed by atoms with E-state index < -0.39 is 23.9 Å². The molecule has 0 saturated heterocycles. The molecule has 3 amide bonds. The van der Waals surface area contributed by atoms with Crippen LogP contribution in [-0.2, 0) is 16.0 Å². The van der Waals surface area contributed by atoms with Crippen LogP contribution in [0.1, 0.15) is 48.0 Å². The number of aromatic hydroxyl groups is 1. The fourth-order valence-corrected chi connectivity index (χ4v) is 4.26. The molecule has 0 radical (unpaired) electrons. The number of amides is 3. The summed E-state index contributed by atoms with van der Waals surface area (Å²) in [6.07, 6.45) is 3.46. The van der Waals surface area contributed by atoms with Crippen molar-refractivity contribution in [2.45, 2.75) is 50.6 Å². The maximum Gasteiger partial charge on any atom is 0.255 e. The minimum atomic E-state index is -0.803. The van der Waals surface area contributed by atoms with Crippen LogP contribution in [0.25, 0.3) is 10.8 Å². The maximum absolute atomic E-state index is 13.2.